The van der Waals surface area contributed by atoms with Gasteiger partial charge in [0.15, 0.2) is 5.82 Å². The predicted octanol–water partition coefficient (Wildman–Crippen LogP) is 17.3. The Morgan fingerprint density at radius 3 is 1.07 bits per heavy atom. The minimum Gasteiger partial charge on any atom is -0.454 e. The second-order valence-corrected chi connectivity index (χ2v) is 23.2. The Labute approximate surface area is 395 Å². The maximum absolute atomic E-state index is 7.21. The Morgan fingerprint density at radius 1 is 0.343 bits per heavy atom. The lowest BCUT2D eigenvalue weighted by atomic mass is 9.98. The van der Waals surface area contributed by atoms with E-state index in [-0.39, 0.29) is 0 Å². The standard InChI is InChI=1S/C61H46N2O2S2/c1-41-38-42(2)58(43(3)39-41)61-62-50(48-30-20-36-56-59(48)64-52-32-16-18-34-54(52)66(56,44-22-8-4-9-23-44)45-24-10-5-11-25-45)40-51(63-61)49-31-21-37-57-60(49)65-53-33-17-19-35-55(53)67(57,46-26-12-6-13-27-46)47-28-14-7-15-29-47/h4-40H,1-3H3. The second kappa shape index (κ2) is 16.4. The van der Waals surface area contributed by atoms with Gasteiger partial charge in [0.25, 0.3) is 0 Å². The molecular formula is C61H46N2O2S2. The molecule has 0 saturated heterocycles. The van der Waals surface area contributed by atoms with Crippen LogP contribution in [0.1, 0.15) is 16.7 Å². The van der Waals surface area contributed by atoms with E-state index in [2.05, 4.69) is 245 Å². The molecule has 1 aromatic heterocycles. The van der Waals surface area contributed by atoms with Crippen LogP contribution in [0.15, 0.2) is 264 Å². The molecule has 4 nitrogen and oxygen atoms in total. The molecule has 9 aromatic carbocycles. The molecule has 0 saturated carbocycles. The first kappa shape index (κ1) is 40.8. The summed E-state index contributed by atoms with van der Waals surface area (Å²) in [5, 5.41) is 0. The number of hydrogen-bond acceptors (Lipinski definition) is 4. The van der Waals surface area contributed by atoms with Crippen LogP contribution in [0.2, 0.25) is 0 Å². The van der Waals surface area contributed by atoms with Crippen LogP contribution in [0.4, 0.5) is 0 Å². The average Bonchev–Trinajstić information content (AvgIpc) is 3.37. The van der Waals surface area contributed by atoms with Crippen LogP contribution < -0.4 is 9.47 Å². The maximum atomic E-state index is 7.21. The van der Waals surface area contributed by atoms with E-state index in [0.29, 0.717) is 5.82 Å². The molecule has 0 amide bonds. The summed E-state index contributed by atoms with van der Waals surface area (Å²) in [5.41, 5.74) is 7.78. The van der Waals surface area contributed by atoms with Crippen molar-refractivity contribution in [3.8, 4) is 56.9 Å². The Hall–Kier alpha value is -7.64. The number of aromatic nitrogens is 2. The monoisotopic (exact) mass is 902 g/mol. The predicted molar refractivity (Wildman–Crippen MR) is 273 cm³/mol. The fourth-order valence-corrected chi connectivity index (χ4v) is 18.4. The molecule has 324 valence electrons. The lowest BCUT2D eigenvalue weighted by Crippen LogP contribution is -2.13. The molecular weight excluding hydrogens is 857 g/mol. The van der Waals surface area contributed by atoms with Gasteiger partial charge in [-0.1, -0.05) is 127 Å². The van der Waals surface area contributed by atoms with Gasteiger partial charge in [0, 0.05) is 55.9 Å². The van der Waals surface area contributed by atoms with Crippen LogP contribution in [0.3, 0.4) is 0 Å². The van der Waals surface area contributed by atoms with Crippen molar-refractivity contribution in [1.82, 2.24) is 9.97 Å². The summed E-state index contributed by atoms with van der Waals surface area (Å²) in [6.07, 6.45) is 0. The molecule has 3 heterocycles. The molecule has 0 unspecified atom stereocenters. The topological polar surface area (TPSA) is 44.2 Å². The van der Waals surface area contributed by atoms with Gasteiger partial charge >= 0.3 is 0 Å². The van der Waals surface area contributed by atoms with Crippen molar-refractivity contribution in [2.75, 3.05) is 0 Å². The van der Waals surface area contributed by atoms with Crippen LogP contribution in [-0.4, -0.2) is 9.97 Å². The van der Waals surface area contributed by atoms with Gasteiger partial charge in [-0.3, -0.25) is 0 Å². The first-order chi connectivity index (χ1) is 33.0. The minimum atomic E-state index is -2.04. The molecule has 0 spiro atoms. The first-order valence-electron chi connectivity index (χ1n) is 22.6. The summed E-state index contributed by atoms with van der Waals surface area (Å²) >= 11 is 0. The Morgan fingerprint density at radius 2 is 0.687 bits per heavy atom. The highest BCUT2D eigenvalue weighted by Crippen LogP contribution is 2.81. The van der Waals surface area contributed by atoms with Crippen LogP contribution >= 0.6 is 20.1 Å². The largest absolute Gasteiger partial charge is 0.454 e. The molecule has 0 fully saturated rings. The zero-order valence-corrected chi connectivity index (χ0v) is 39.0. The number of benzene rings is 9. The van der Waals surface area contributed by atoms with E-state index >= 15 is 0 Å². The van der Waals surface area contributed by atoms with Gasteiger partial charge in [-0.2, -0.15) is 0 Å². The highest BCUT2D eigenvalue weighted by atomic mass is 32.3. The van der Waals surface area contributed by atoms with Gasteiger partial charge in [0.05, 0.1) is 11.4 Å². The third-order valence-electron chi connectivity index (χ3n) is 13.0. The van der Waals surface area contributed by atoms with Crippen molar-refractivity contribution in [2.45, 2.75) is 59.9 Å². The third kappa shape index (κ3) is 6.39. The van der Waals surface area contributed by atoms with Crippen LogP contribution in [-0.2, 0) is 0 Å². The van der Waals surface area contributed by atoms with E-state index in [1.54, 1.807) is 0 Å². The highest BCUT2D eigenvalue weighted by Gasteiger charge is 2.44. The van der Waals surface area contributed by atoms with Crippen molar-refractivity contribution in [3.05, 3.63) is 241 Å². The van der Waals surface area contributed by atoms with E-state index in [9.17, 15) is 0 Å². The fourth-order valence-electron chi connectivity index (χ4n) is 10.3. The van der Waals surface area contributed by atoms with Crippen molar-refractivity contribution in [2.24, 2.45) is 0 Å². The molecule has 10 aromatic rings. The second-order valence-electron chi connectivity index (χ2n) is 17.1. The van der Waals surface area contributed by atoms with Gasteiger partial charge in [-0.05, 0) is 135 Å². The molecule has 0 N–H and O–H groups in total. The van der Waals surface area contributed by atoms with Gasteiger partial charge < -0.3 is 9.47 Å². The molecule has 0 atom stereocenters. The van der Waals surface area contributed by atoms with Gasteiger partial charge in [0.1, 0.15) is 23.0 Å². The molecule has 2 aliphatic rings. The summed E-state index contributed by atoms with van der Waals surface area (Å²) < 4.78 is 14.4. The van der Waals surface area contributed by atoms with Gasteiger partial charge in [-0.15, -0.1) is 20.1 Å². The molecule has 0 bridgehead atoms. The van der Waals surface area contributed by atoms with Gasteiger partial charge in [0.2, 0.25) is 0 Å². The van der Waals surface area contributed by atoms with Crippen molar-refractivity contribution < 1.29 is 9.47 Å². The summed E-state index contributed by atoms with van der Waals surface area (Å²) in [7, 11) is -4.08. The Kier molecular flexibility index (Phi) is 9.97. The lowest BCUT2D eigenvalue weighted by Gasteiger charge is -2.46. The van der Waals surface area contributed by atoms with Crippen molar-refractivity contribution in [1.29, 1.82) is 0 Å². The quantitative estimate of drug-likeness (QED) is 0.160. The summed E-state index contributed by atoms with van der Waals surface area (Å²) in [6, 6.07) is 80.6. The minimum absolute atomic E-state index is 0.652. The van der Waals surface area contributed by atoms with Gasteiger partial charge in [-0.25, -0.2) is 9.97 Å². The number of ether oxygens (including phenoxy) is 2. The number of para-hydroxylation sites is 4. The summed E-state index contributed by atoms with van der Waals surface area (Å²) in [4.78, 5) is 20.7. The van der Waals surface area contributed by atoms with E-state index in [0.717, 1.165) is 72.0 Å². The Bertz CT molecular complexity index is 3200. The zero-order chi connectivity index (χ0) is 45.1. The molecule has 6 heteroatoms. The number of aryl methyl sites for hydroxylation is 3. The molecule has 0 radical (unpaired) electrons. The van der Waals surface area contributed by atoms with Crippen LogP contribution in [0.25, 0.3) is 33.9 Å². The number of hydrogen-bond donors (Lipinski definition) is 0. The SMILES string of the molecule is Cc1cc(C)c(-c2nc(-c3cccc4c3Oc3ccccc3S4(c3ccccc3)c3ccccc3)cc(-c3cccc4c3Oc3ccccc3S4(c3ccccc3)c3ccccc3)n2)c(C)c1. The molecule has 12 rings (SSSR count). The highest BCUT2D eigenvalue weighted by molar-refractivity contribution is 8.34. The lowest BCUT2D eigenvalue weighted by molar-refractivity contribution is 0.453. The van der Waals surface area contributed by atoms with E-state index < -0.39 is 20.1 Å². The normalized spacial score (nSPS) is 14.7. The number of fused-ring (bicyclic) bond motifs is 4. The van der Waals surface area contributed by atoms with E-state index in [1.165, 1.54) is 34.9 Å². The molecule has 0 aliphatic carbocycles. The van der Waals surface area contributed by atoms with E-state index in [4.69, 9.17) is 19.4 Å². The first-order valence-corrected chi connectivity index (χ1v) is 25.9. The summed E-state index contributed by atoms with van der Waals surface area (Å²) in [5.74, 6) is 3.94. The number of rotatable bonds is 7. The van der Waals surface area contributed by atoms with Crippen molar-refractivity contribution >= 4 is 20.1 Å². The van der Waals surface area contributed by atoms with E-state index in [1.807, 2.05) is 0 Å². The maximum Gasteiger partial charge on any atom is 0.160 e. The summed E-state index contributed by atoms with van der Waals surface area (Å²) in [6.45, 7) is 6.47. The van der Waals surface area contributed by atoms with Crippen LogP contribution in [0, 0.1) is 20.8 Å². The smallest absolute Gasteiger partial charge is 0.160 e. The zero-order valence-electron chi connectivity index (χ0n) is 37.4. The van der Waals surface area contributed by atoms with Crippen molar-refractivity contribution in [3.63, 3.8) is 0 Å². The molecule has 2 aliphatic heterocycles. The third-order valence-corrected chi connectivity index (χ3v) is 20.8. The fraction of sp³-hybridized carbons (Fsp3) is 0.0492. The van der Waals surface area contributed by atoms with Crippen LogP contribution in [0.5, 0.6) is 23.0 Å². The molecule has 67 heavy (non-hydrogen) atoms. The Balaban J connectivity index is 1.15. The number of nitrogens with zero attached hydrogens (tertiary/aromatic N) is 2. The average molecular weight is 903 g/mol.